The van der Waals surface area contributed by atoms with Crippen LogP contribution in [-0.2, 0) is 9.53 Å². The molecule has 0 fully saturated rings. The van der Waals surface area contributed by atoms with Gasteiger partial charge in [-0.05, 0) is 19.4 Å². The number of aliphatic carboxylic acids is 1. The first-order valence-corrected chi connectivity index (χ1v) is 5.22. The zero-order valence-electron chi connectivity index (χ0n) is 9.16. The van der Waals surface area contributed by atoms with Crippen molar-refractivity contribution in [1.82, 2.24) is 4.90 Å². The molecule has 0 rings (SSSR count). The number of hydrogen-bond acceptors (Lipinski definition) is 3. The van der Waals surface area contributed by atoms with Gasteiger partial charge in [-0.1, -0.05) is 13.8 Å². The van der Waals surface area contributed by atoms with Crippen LogP contribution in [0.2, 0.25) is 0 Å². The normalized spacial score (nSPS) is 10.8. The summed E-state index contributed by atoms with van der Waals surface area (Å²) in [5.41, 5.74) is 0. The predicted octanol–water partition coefficient (Wildman–Crippen LogP) is 1.21. The van der Waals surface area contributed by atoms with Gasteiger partial charge in [0.25, 0.3) is 0 Å². The highest BCUT2D eigenvalue weighted by Gasteiger charge is 2.07. The number of carboxylic acids is 1. The first-order valence-electron chi connectivity index (χ1n) is 5.22. The van der Waals surface area contributed by atoms with Crippen molar-refractivity contribution in [3.05, 3.63) is 0 Å². The first-order chi connectivity index (χ1) is 6.70. The molecular formula is C10H21NO3. The third kappa shape index (κ3) is 8.01. The monoisotopic (exact) mass is 203 g/mol. The zero-order valence-corrected chi connectivity index (χ0v) is 9.16. The van der Waals surface area contributed by atoms with Crippen LogP contribution in [0.1, 0.15) is 26.7 Å². The molecule has 0 aromatic heterocycles. The molecule has 0 heterocycles. The summed E-state index contributed by atoms with van der Waals surface area (Å²) in [6.07, 6.45) is 1.98. The lowest BCUT2D eigenvalue weighted by Gasteiger charge is -2.18. The van der Waals surface area contributed by atoms with Crippen LogP contribution in [0.4, 0.5) is 0 Å². The molecule has 14 heavy (non-hydrogen) atoms. The highest BCUT2D eigenvalue weighted by atomic mass is 16.5. The highest BCUT2D eigenvalue weighted by Crippen LogP contribution is 1.92. The summed E-state index contributed by atoms with van der Waals surface area (Å²) in [6, 6.07) is 0. The molecule has 4 nitrogen and oxygen atoms in total. The second-order valence-corrected chi connectivity index (χ2v) is 3.28. The fourth-order valence-electron chi connectivity index (χ4n) is 1.22. The summed E-state index contributed by atoms with van der Waals surface area (Å²) in [6.45, 7) is 7.13. The lowest BCUT2D eigenvalue weighted by molar-refractivity contribution is -0.138. The van der Waals surface area contributed by atoms with Gasteiger partial charge >= 0.3 is 5.97 Å². The third-order valence-electron chi connectivity index (χ3n) is 1.80. The molecule has 4 heteroatoms. The maximum atomic E-state index is 10.5. The third-order valence-corrected chi connectivity index (χ3v) is 1.80. The summed E-state index contributed by atoms with van der Waals surface area (Å²) in [4.78, 5) is 12.4. The molecular weight excluding hydrogens is 182 g/mol. The van der Waals surface area contributed by atoms with Gasteiger partial charge in [-0.15, -0.1) is 0 Å². The van der Waals surface area contributed by atoms with Crippen molar-refractivity contribution in [3.63, 3.8) is 0 Å². The Kier molecular flexibility index (Phi) is 8.57. The largest absolute Gasteiger partial charge is 0.480 e. The van der Waals surface area contributed by atoms with Crippen molar-refractivity contribution in [2.24, 2.45) is 0 Å². The Balaban J connectivity index is 3.56. The van der Waals surface area contributed by atoms with Gasteiger partial charge in [0, 0.05) is 13.2 Å². The minimum absolute atomic E-state index is 0.114. The van der Waals surface area contributed by atoms with Gasteiger partial charge < -0.3 is 9.84 Å². The van der Waals surface area contributed by atoms with Gasteiger partial charge in [0.2, 0.25) is 0 Å². The summed E-state index contributed by atoms with van der Waals surface area (Å²) in [7, 11) is 0. The van der Waals surface area contributed by atoms with Crippen LogP contribution >= 0.6 is 0 Å². The van der Waals surface area contributed by atoms with E-state index in [9.17, 15) is 4.79 Å². The summed E-state index contributed by atoms with van der Waals surface area (Å²) in [5.74, 6) is -0.769. The molecule has 0 aromatic rings. The van der Waals surface area contributed by atoms with Gasteiger partial charge in [-0.2, -0.15) is 0 Å². The van der Waals surface area contributed by atoms with Crippen LogP contribution in [0.3, 0.4) is 0 Å². The fourth-order valence-corrected chi connectivity index (χ4v) is 1.22. The number of hydrogen-bond donors (Lipinski definition) is 1. The van der Waals surface area contributed by atoms with Crippen LogP contribution in [0.5, 0.6) is 0 Å². The SMILES string of the molecule is CCCOCCN(CCC)CC(=O)O. The van der Waals surface area contributed by atoms with E-state index in [1.807, 2.05) is 11.8 Å². The minimum atomic E-state index is -0.769. The minimum Gasteiger partial charge on any atom is -0.480 e. The Labute approximate surface area is 85.9 Å². The van der Waals surface area contributed by atoms with Crippen LogP contribution in [0.15, 0.2) is 0 Å². The maximum absolute atomic E-state index is 10.5. The van der Waals surface area contributed by atoms with Gasteiger partial charge in [-0.25, -0.2) is 0 Å². The van der Waals surface area contributed by atoms with Crippen LogP contribution in [0, 0.1) is 0 Å². The molecule has 0 radical (unpaired) electrons. The average molecular weight is 203 g/mol. The van der Waals surface area contributed by atoms with Crippen molar-refractivity contribution in [2.45, 2.75) is 26.7 Å². The Morgan fingerprint density at radius 3 is 2.43 bits per heavy atom. The molecule has 0 amide bonds. The van der Waals surface area contributed by atoms with E-state index in [0.717, 1.165) is 26.0 Å². The van der Waals surface area contributed by atoms with E-state index in [0.29, 0.717) is 13.2 Å². The zero-order chi connectivity index (χ0) is 10.8. The lowest BCUT2D eigenvalue weighted by atomic mass is 10.4. The van der Waals surface area contributed by atoms with Gasteiger partial charge in [-0.3, -0.25) is 9.69 Å². The number of rotatable bonds is 9. The van der Waals surface area contributed by atoms with Crippen LogP contribution in [-0.4, -0.2) is 48.8 Å². The van der Waals surface area contributed by atoms with E-state index in [2.05, 4.69) is 6.92 Å². The highest BCUT2D eigenvalue weighted by molar-refractivity contribution is 5.69. The van der Waals surface area contributed by atoms with E-state index in [-0.39, 0.29) is 6.54 Å². The van der Waals surface area contributed by atoms with E-state index >= 15 is 0 Å². The molecule has 0 aliphatic carbocycles. The molecule has 0 aromatic carbocycles. The fraction of sp³-hybridized carbons (Fsp3) is 0.900. The Morgan fingerprint density at radius 2 is 1.93 bits per heavy atom. The van der Waals surface area contributed by atoms with Gasteiger partial charge in [0.15, 0.2) is 0 Å². The molecule has 0 atom stereocenters. The molecule has 84 valence electrons. The molecule has 1 N–H and O–H groups in total. The van der Waals surface area contributed by atoms with Gasteiger partial charge in [0.1, 0.15) is 0 Å². The number of nitrogens with zero attached hydrogens (tertiary/aromatic N) is 1. The van der Waals surface area contributed by atoms with Crippen molar-refractivity contribution in [2.75, 3.05) is 32.8 Å². The quantitative estimate of drug-likeness (QED) is 0.572. The van der Waals surface area contributed by atoms with E-state index in [1.165, 1.54) is 0 Å². The Morgan fingerprint density at radius 1 is 1.21 bits per heavy atom. The van der Waals surface area contributed by atoms with Crippen LogP contribution < -0.4 is 0 Å². The van der Waals surface area contributed by atoms with E-state index in [4.69, 9.17) is 9.84 Å². The Bertz CT molecular complexity index is 150. The summed E-state index contributed by atoms with van der Waals surface area (Å²) >= 11 is 0. The molecule has 0 saturated heterocycles. The number of carbonyl (C=O) groups is 1. The van der Waals surface area contributed by atoms with Crippen molar-refractivity contribution in [1.29, 1.82) is 0 Å². The molecule has 0 bridgehead atoms. The predicted molar refractivity (Wildman–Crippen MR) is 55.5 cm³/mol. The topological polar surface area (TPSA) is 49.8 Å². The molecule has 0 saturated carbocycles. The average Bonchev–Trinajstić information content (AvgIpc) is 2.12. The smallest absolute Gasteiger partial charge is 0.317 e. The molecule has 0 unspecified atom stereocenters. The summed E-state index contributed by atoms with van der Waals surface area (Å²) in [5, 5.41) is 8.63. The number of ether oxygens (including phenoxy) is 1. The van der Waals surface area contributed by atoms with Crippen molar-refractivity contribution < 1.29 is 14.6 Å². The summed E-state index contributed by atoms with van der Waals surface area (Å²) < 4.78 is 5.31. The molecule has 0 aliphatic heterocycles. The second-order valence-electron chi connectivity index (χ2n) is 3.28. The lowest BCUT2D eigenvalue weighted by Crippen LogP contribution is -2.33. The van der Waals surface area contributed by atoms with Crippen molar-refractivity contribution in [3.8, 4) is 0 Å². The maximum Gasteiger partial charge on any atom is 0.317 e. The van der Waals surface area contributed by atoms with Crippen LogP contribution in [0.25, 0.3) is 0 Å². The molecule has 0 spiro atoms. The second kappa shape index (κ2) is 8.97. The molecule has 0 aliphatic rings. The number of carboxylic acid groups (broad SMARTS) is 1. The van der Waals surface area contributed by atoms with E-state index < -0.39 is 5.97 Å². The Hall–Kier alpha value is -0.610. The standard InChI is InChI=1S/C10H21NO3/c1-3-5-11(9-10(12)13)6-8-14-7-4-2/h3-9H2,1-2H3,(H,12,13). The first kappa shape index (κ1) is 13.4. The van der Waals surface area contributed by atoms with Gasteiger partial charge in [0.05, 0.1) is 13.2 Å². The van der Waals surface area contributed by atoms with Crippen molar-refractivity contribution >= 4 is 5.97 Å². The van der Waals surface area contributed by atoms with E-state index in [1.54, 1.807) is 0 Å².